The molecule has 33 heavy (non-hydrogen) atoms. The molecule has 4 nitrogen and oxygen atoms in total. The maximum atomic E-state index is 12.8. The predicted molar refractivity (Wildman–Crippen MR) is 134 cm³/mol. The average Bonchev–Trinajstić information content (AvgIpc) is 3.35. The fourth-order valence-corrected chi connectivity index (χ4v) is 4.53. The molecule has 0 aliphatic carbocycles. The first-order valence-corrected chi connectivity index (χ1v) is 11.4. The fraction of sp³-hybridized carbons (Fsp3) is 0.111. The molecule has 0 fully saturated rings. The molecule has 164 valence electrons. The van der Waals surface area contributed by atoms with Crippen molar-refractivity contribution in [3.8, 4) is 11.4 Å². The number of carbonyl (C=O) groups is 1. The number of hydrogen-bond donors (Lipinski definition) is 1. The Balaban J connectivity index is 1.49. The van der Waals surface area contributed by atoms with Crippen LogP contribution in [-0.4, -0.2) is 20.3 Å². The number of carbonyl (C=O) groups excluding carboxylic acids is 1. The van der Waals surface area contributed by atoms with Crippen LogP contribution < -0.4 is 0 Å². The fourth-order valence-electron chi connectivity index (χ4n) is 4.21. The highest BCUT2D eigenvalue weighted by Gasteiger charge is 2.17. The molecule has 2 aromatic heterocycles. The number of ketones is 1. The Morgan fingerprint density at radius 1 is 0.939 bits per heavy atom. The number of hydrogen-bond acceptors (Lipinski definition) is 2. The van der Waals surface area contributed by atoms with Gasteiger partial charge in [-0.25, -0.2) is 4.98 Å². The molecule has 0 unspecified atom stereocenters. The lowest BCUT2D eigenvalue weighted by Gasteiger charge is -2.08. The summed E-state index contributed by atoms with van der Waals surface area (Å²) in [6, 6.07) is 20.6. The van der Waals surface area contributed by atoms with Gasteiger partial charge in [0.15, 0.2) is 5.78 Å². The number of fused-ring (bicyclic) bond motifs is 1. The van der Waals surface area contributed by atoms with Crippen LogP contribution in [0.4, 0.5) is 0 Å². The number of aromatic amines is 1. The van der Waals surface area contributed by atoms with Gasteiger partial charge >= 0.3 is 0 Å². The topological polar surface area (TPSA) is 50.7 Å². The number of imidazole rings is 1. The van der Waals surface area contributed by atoms with Crippen LogP contribution in [0.1, 0.15) is 32.7 Å². The van der Waals surface area contributed by atoms with Crippen molar-refractivity contribution in [2.45, 2.75) is 20.4 Å². The lowest BCUT2D eigenvalue weighted by atomic mass is 10.0. The van der Waals surface area contributed by atoms with Crippen molar-refractivity contribution < 1.29 is 4.79 Å². The standard InChI is InChI=1S/C27H21Cl2N3O/c1-16-14-32(15-18-8-10-21(28)22(29)12-18)17(2)25(16)27-30-23-11-9-20(13-24(23)31-27)26(33)19-6-4-3-5-7-19/h3-14H,15H2,1-2H3,(H,30,31). The molecule has 0 atom stereocenters. The average molecular weight is 474 g/mol. The van der Waals surface area contributed by atoms with Crippen molar-refractivity contribution in [1.29, 1.82) is 0 Å². The molecule has 6 heteroatoms. The molecule has 0 saturated carbocycles. The number of aromatic nitrogens is 3. The first-order chi connectivity index (χ1) is 15.9. The third-order valence-electron chi connectivity index (χ3n) is 5.89. The lowest BCUT2D eigenvalue weighted by molar-refractivity contribution is 0.103. The second-order valence-electron chi connectivity index (χ2n) is 8.16. The molecule has 0 spiro atoms. The highest BCUT2D eigenvalue weighted by Crippen LogP contribution is 2.30. The van der Waals surface area contributed by atoms with Crippen molar-refractivity contribution in [1.82, 2.24) is 14.5 Å². The number of aryl methyl sites for hydroxylation is 1. The van der Waals surface area contributed by atoms with E-state index in [1.165, 1.54) is 0 Å². The number of rotatable bonds is 5. The number of nitrogens with one attached hydrogen (secondary N) is 1. The van der Waals surface area contributed by atoms with E-state index in [2.05, 4.69) is 29.6 Å². The SMILES string of the molecule is Cc1cn(Cc2ccc(Cl)c(Cl)c2)c(C)c1-c1nc2ccc(C(=O)c3ccccc3)cc2[nH]1. The molecule has 0 aliphatic heterocycles. The van der Waals surface area contributed by atoms with Crippen LogP contribution in [0.5, 0.6) is 0 Å². The molecule has 5 aromatic rings. The minimum atomic E-state index is -0.00575. The number of nitrogens with zero attached hydrogens (tertiary/aromatic N) is 2. The van der Waals surface area contributed by atoms with Crippen molar-refractivity contribution in [3.05, 3.63) is 111 Å². The van der Waals surface area contributed by atoms with Crippen LogP contribution in [0.2, 0.25) is 10.0 Å². The van der Waals surface area contributed by atoms with E-state index >= 15 is 0 Å². The first kappa shape index (κ1) is 21.5. The Morgan fingerprint density at radius 2 is 1.73 bits per heavy atom. The van der Waals surface area contributed by atoms with Crippen LogP contribution in [0.15, 0.2) is 72.9 Å². The van der Waals surface area contributed by atoms with Crippen LogP contribution >= 0.6 is 23.2 Å². The van der Waals surface area contributed by atoms with Gasteiger partial charge < -0.3 is 9.55 Å². The van der Waals surface area contributed by atoms with Gasteiger partial charge in [0.2, 0.25) is 0 Å². The van der Waals surface area contributed by atoms with E-state index in [0.717, 1.165) is 39.2 Å². The summed E-state index contributed by atoms with van der Waals surface area (Å²) in [6.45, 7) is 4.84. The minimum absolute atomic E-state index is 0.00575. The van der Waals surface area contributed by atoms with Crippen LogP contribution in [0.3, 0.4) is 0 Å². The van der Waals surface area contributed by atoms with Gasteiger partial charge in [0.1, 0.15) is 5.82 Å². The van der Waals surface area contributed by atoms with Crippen LogP contribution in [0, 0.1) is 13.8 Å². The van der Waals surface area contributed by atoms with E-state index in [1.807, 2.05) is 66.7 Å². The molecule has 0 amide bonds. The van der Waals surface area contributed by atoms with E-state index in [4.69, 9.17) is 28.2 Å². The van der Waals surface area contributed by atoms with Gasteiger partial charge in [0, 0.05) is 35.1 Å². The Hall–Kier alpha value is -3.34. The van der Waals surface area contributed by atoms with Gasteiger partial charge in [-0.1, -0.05) is 59.6 Å². The van der Waals surface area contributed by atoms with Crippen molar-refractivity contribution >= 4 is 40.0 Å². The van der Waals surface area contributed by atoms with E-state index in [0.29, 0.717) is 27.7 Å². The van der Waals surface area contributed by atoms with Crippen LogP contribution in [-0.2, 0) is 6.54 Å². The van der Waals surface area contributed by atoms with E-state index in [1.54, 1.807) is 0 Å². The Labute approximate surface area is 201 Å². The third-order valence-corrected chi connectivity index (χ3v) is 6.63. The first-order valence-electron chi connectivity index (χ1n) is 10.6. The molecular weight excluding hydrogens is 453 g/mol. The molecular formula is C27H21Cl2N3O. The Bertz CT molecular complexity index is 1500. The minimum Gasteiger partial charge on any atom is -0.346 e. The van der Waals surface area contributed by atoms with Gasteiger partial charge in [-0.2, -0.15) is 0 Å². The highest BCUT2D eigenvalue weighted by atomic mass is 35.5. The van der Waals surface area contributed by atoms with Gasteiger partial charge in [-0.15, -0.1) is 0 Å². The van der Waals surface area contributed by atoms with E-state index in [-0.39, 0.29) is 5.78 Å². The normalized spacial score (nSPS) is 11.3. The van der Waals surface area contributed by atoms with Crippen molar-refractivity contribution in [2.24, 2.45) is 0 Å². The molecule has 1 N–H and O–H groups in total. The van der Waals surface area contributed by atoms with Crippen molar-refractivity contribution in [2.75, 3.05) is 0 Å². The van der Waals surface area contributed by atoms with Crippen molar-refractivity contribution in [3.63, 3.8) is 0 Å². The summed E-state index contributed by atoms with van der Waals surface area (Å²) in [5, 5.41) is 1.10. The Kier molecular flexibility index (Phi) is 5.57. The molecule has 0 aliphatic rings. The molecule has 0 radical (unpaired) electrons. The summed E-state index contributed by atoms with van der Waals surface area (Å²) < 4.78 is 2.18. The summed E-state index contributed by atoms with van der Waals surface area (Å²) in [5.41, 5.74) is 7.31. The predicted octanol–water partition coefficient (Wildman–Crippen LogP) is 7.23. The van der Waals surface area contributed by atoms with Gasteiger partial charge in [-0.3, -0.25) is 4.79 Å². The van der Waals surface area contributed by atoms with Gasteiger partial charge in [0.05, 0.1) is 21.1 Å². The van der Waals surface area contributed by atoms with Gasteiger partial charge in [-0.05, 0) is 55.3 Å². The number of halogens is 2. The summed E-state index contributed by atoms with van der Waals surface area (Å²) >= 11 is 12.2. The molecule has 0 saturated heterocycles. The monoisotopic (exact) mass is 473 g/mol. The summed E-state index contributed by atoms with van der Waals surface area (Å²) in [6.07, 6.45) is 2.12. The van der Waals surface area contributed by atoms with E-state index in [9.17, 15) is 4.79 Å². The Morgan fingerprint density at radius 3 is 2.48 bits per heavy atom. The third kappa shape index (κ3) is 4.08. The number of H-pyrrole nitrogens is 1. The second kappa shape index (κ2) is 8.54. The molecule has 0 bridgehead atoms. The smallest absolute Gasteiger partial charge is 0.193 e. The highest BCUT2D eigenvalue weighted by molar-refractivity contribution is 6.42. The summed E-state index contributed by atoms with van der Waals surface area (Å²) in [5.74, 6) is 0.783. The maximum Gasteiger partial charge on any atom is 0.193 e. The molecule has 2 heterocycles. The summed E-state index contributed by atoms with van der Waals surface area (Å²) in [4.78, 5) is 21.1. The van der Waals surface area contributed by atoms with Gasteiger partial charge in [0.25, 0.3) is 0 Å². The van der Waals surface area contributed by atoms with Crippen LogP contribution in [0.25, 0.3) is 22.4 Å². The summed E-state index contributed by atoms with van der Waals surface area (Å²) in [7, 11) is 0. The quantitative estimate of drug-likeness (QED) is 0.273. The second-order valence-corrected chi connectivity index (χ2v) is 8.98. The number of benzene rings is 3. The zero-order valence-electron chi connectivity index (χ0n) is 18.2. The largest absolute Gasteiger partial charge is 0.346 e. The lowest BCUT2D eigenvalue weighted by Crippen LogP contribution is -2.00. The molecule has 3 aromatic carbocycles. The maximum absolute atomic E-state index is 12.8. The zero-order valence-corrected chi connectivity index (χ0v) is 19.7. The van der Waals surface area contributed by atoms with E-state index < -0.39 is 0 Å². The molecule has 5 rings (SSSR count). The zero-order chi connectivity index (χ0) is 23.1.